The summed E-state index contributed by atoms with van der Waals surface area (Å²) < 4.78 is 5.29. The fraction of sp³-hybridized carbons (Fsp3) is 0.632. The van der Waals surface area contributed by atoms with E-state index in [4.69, 9.17) is 4.74 Å². The number of aliphatic hydroxyl groups is 1. The Morgan fingerprint density at radius 3 is 2.71 bits per heavy atom. The van der Waals surface area contributed by atoms with E-state index in [1.54, 1.807) is 6.08 Å². The van der Waals surface area contributed by atoms with Crippen LogP contribution in [-0.4, -0.2) is 28.7 Å². The van der Waals surface area contributed by atoms with E-state index in [1.165, 1.54) is 0 Å². The zero-order valence-corrected chi connectivity index (χ0v) is 13.7. The molecule has 0 unspecified atom stereocenters. The number of allylic oxidation sites excluding steroid dienone is 4. The molecule has 2 bridgehead atoms. The fourth-order valence-corrected chi connectivity index (χ4v) is 4.91. The highest BCUT2D eigenvalue weighted by molar-refractivity contribution is 6.01. The van der Waals surface area contributed by atoms with Crippen LogP contribution in [0.2, 0.25) is 0 Å². The molecule has 1 N–H and O–H groups in total. The van der Waals surface area contributed by atoms with Crippen LogP contribution in [0.3, 0.4) is 0 Å². The molecule has 7 atom stereocenters. The van der Waals surface area contributed by atoms with Crippen LogP contribution in [0.5, 0.6) is 0 Å². The van der Waals surface area contributed by atoms with Crippen LogP contribution in [0.1, 0.15) is 32.6 Å². The Balaban J connectivity index is 1.76. The number of hydrogen-bond acceptors (Lipinski definition) is 5. The standard InChI is InChI=1S/C19H22O5/c1-9-4-15-13(18(9)22)3-2-10-5-12(20)6-11-7-16(21)17(8-14(10)15)24-19(11)23/h2-3,8-15,20H,4-7H2,1H3/b17-8+/t9-,10-,11-,12-,13+,14+,15+/m1/s1. The van der Waals surface area contributed by atoms with E-state index >= 15 is 0 Å². The van der Waals surface area contributed by atoms with E-state index in [1.807, 2.05) is 19.1 Å². The van der Waals surface area contributed by atoms with Crippen LogP contribution in [0, 0.1) is 35.5 Å². The zero-order chi connectivity index (χ0) is 17.0. The molecule has 2 heterocycles. The van der Waals surface area contributed by atoms with Crippen molar-refractivity contribution in [3.8, 4) is 0 Å². The van der Waals surface area contributed by atoms with Gasteiger partial charge in [-0.1, -0.05) is 19.1 Å². The molecule has 0 amide bonds. The van der Waals surface area contributed by atoms with Crippen molar-refractivity contribution in [2.24, 2.45) is 35.5 Å². The predicted molar refractivity (Wildman–Crippen MR) is 84.4 cm³/mol. The maximum Gasteiger partial charge on any atom is 0.315 e. The summed E-state index contributed by atoms with van der Waals surface area (Å²) in [4.78, 5) is 36.8. The van der Waals surface area contributed by atoms with Gasteiger partial charge in [-0.2, -0.15) is 0 Å². The highest BCUT2D eigenvalue weighted by Gasteiger charge is 2.47. The van der Waals surface area contributed by atoms with Crippen LogP contribution in [0.4, 0.5) is 0 Å². The minimum Gasteiger partial charge on any atom is -0.423 e. The van der Waals surface area contributed by atoms with Gasteiger partial charge in [0.1, 0.15) is 5.78 Å². The Hall–Kier alpha value is -1.75. The van der Waals surface area contributed by atoms with Crippen molar-refractivity contribution in [3.63, 3.8) is 0 Å². The molecule has 5 rings (SSSR count). The van der Waals surface area contributed by atoms with E-state index in [0.717, 1.165) is 6.42 Å². The van der Waals surface area contributed by atoms with Gasteiger partial charge in [0.05, 0.1) is 12.0 Å². The van der Waals surface area contributed by atoms with Crippen LogP contribution in [0.25, 0.3) is 0 Å². The quantitative estimate of drug-likeness (QED) is 0.541. The number of esters is 1. The van der Waals surface area contributed by atoms with E-state index in [9.17, 15) is 19.5 Å². The normalized spacial score (nSPS) is 46.8. The molecule has 3 aliphatic carbocycles. The van der Waals surface area contributed by atoms with Crippen molar-refractivity contribution in [1.29, 1.82) is 0 Å². The lowest BCUT2D eigenvalue weighted by Gasteiger charge is -2.37. The number of aliphatic hydroxyl groups excluding tert-OH is 1. The first-order chi connectivity index (χ1) is 11.4. The number of ether oxygens (including phenoxy) is 1. The van der Waals surface area contributed by atoms with Gasteiger partial charge in [-0.3, -0.25) is 14.4 Å². The first kappa shape index (κ1) is 15.8. The SMILES string of the molecule is C[C@@H]1C[C@@H]2[C@H]3/C=C4/OC(=O)[C@@H](CC4=O)C[C@H](O)C[C@H]3C=C[C@@H]2C1=O. The van der Waals surface area contributed by atoms with Crippen molar-refractivity contribution in [2.75, 3.05) is 0 Å². The van der Waals surface area contributed by atoms with Gasteiger partial charge in [0.25, 0.3) is 0 Å². The van der Waals surface area contributed by atoms with Crippen LogP contribution >= 0.6 is 0 Å². The second-order valence-electron chi connectivity index (χ2n) is 7.76. The van der Waals surface area contributed by atoms with E-state index in [0.29, 0.717) is 6.42 Å². The maximum absolute atomic E-state index is 12.4. The molecule has 5 heteroatoms. The summed E-state index contributed by atoms with van der Waals surface area (Å²) in [6.45, 7) is 1.95. The minimum absolute atomic E-state index is 0.0103. The Morgan fingerprint density at radius 1 is 1.12 bits per heavy atom. The summed E-state index contributed by atoms with van der Waals surface area (Å²) in [6.07, 6.45) is 6.83. The Bertz CT molecular complexity index is 661. The van der Waals surface area contributed by atoms with Gasteiger partial charge in [0.2, 0.25) is 0 Å². The molecule has 5 aliphatic rings. The van der Waals surface area contributed by atoms with Crippen molar-refractivity contribution in [2.45, 2.75) is 38.7 Å². The third kappa shape index (κ3) is 2.46. The lowest BCUT2D eigenvalue weighted by Crippen LogP contribution is -2.37. The molecule has 0 aromatic heterocycles. The van der Waals surface area contributed by atoms with E-state index < -0.39 is 18.0 Å². The highest BCUT2D eigenvalue weighted by Crippen LogP contribution is 2.48. The number of rotatable bonds is 0. The molecule has 2 aliphatic heterocycles. The largest absolute Gasteiger partial charge is 0.423 e. The third-order valence-electron chi connectivity index (χ3n) is 6.15. The summed E-state index contributed by atoms with van der Waals surface area (Å²) in [5.74, 6) is -0.728. The molecular formula is C19H22O5. The molecule has 0 aromatic rings. The smallest absolute Gasteiger partial charge is 0.315 e. The molecule has 1 saturated carbocycles. The monoisotopic (exact) mass is 330 g/mol. The Kier molecular flexibility index (Phi) is 3.71. The van der Waals surface area contributed by atoms with Crippen LogP contribution in [0.15, 0.2) is 24.0 Å². The summed E-state index contributed by atoms with van der Waals surface area (Å²) in [5.41, 5.74) is 0. The number of carbonyl (C=O) groups is 3. The molecular weight excluding hydrogens is 308 g/mol. The first-order valence-electron chi connectivity index (χ1n) is 8.81. The average Bonchev–Trinajstić information content (AvgIpc) is 2.81. The second-order valence-corrected chi connectivity index (χ2v) is 7.76. The minimum atomic E-state index is -0.647. The zero-order valence-electron chi connectivity index (χ0n) is 13.7. The number of Topliss-reactive ketones (excluding diaryl/α,β-unsaturated/α-hetero) is 2. The Morgan fingerprint density at radius 2 is 1.92 bits per heavy atom. The van der Waals surface area contributed by atoms with Gasteiger partial charge in [-0.05, 0) is 43.1 Å². The van der Waals surface area contributed by atoms with Gasteiger partial charge in [-0.15, -0.1) is 0 Å². The molecule has 0 aromatic carbocycles. The summed E-state index contributed by atoms with van der Waals surface area (Å²) in [7, 11) is 0. The van der Waals surface area contributed by atoms with Crippen LogP contribution in [-0.2, 0) is 19.1 Å². The van der Waals surface area contributed by atoms with Crippen molar-refractivity contribution < 1.29 is 24.2 Å². The molecule has 0 spiro atoms. The topological polar surface area (TPSA) is 80.7 Å². The summed E-state index contributed by atoms with van der Waals surface area (Å²) >= 11 is 0. The fourth-order valence-electron chi connectivity index (χ4n) is 4.91. The predicted octanol–water partition coefficient (Wildman–Crippen LogP) is 1.80. The average molecular weight is 330 g/mol. The molecule has 128 valence electrons. The molecule has 24 heavy (non-hydrogen) atoms. The van der Waals surface area contributed by atoms with Gasteiger partial charge in [-0.25, -0.2) is 0 Å². The lowest BCUT2D eigenvalue weighted by molar-refractivity contribution is -0.154. The lowest BCUT2D eigenvalue weighted by atomic mass is 9.68. The van der Waals surface area contributed by atoms with Crippen molar-refractivity contribution in [3.05, 3.63) is 24.0 Å². The van der Waals surface area contributed by atoms with Crippen LogP contribution < -0.4 is 0 Å². The van der Waals surface area contributed by atoms with E-state index in [-0.39, 0.29) is 59.8 Å². The second kappa shape index (κ2) is 5.66. The molecule has 1 saturated heterocycles. The van der Waals surface area contributed by atoms with Gasteiger partial charge >= 0.3 is 5.97 Å². The molecule has 5 nitrogen and oxygen atoms in total. The van der Waals surface area contributed by atoms with Gasteiger partial charge < -0.3 is 9.84 Å². The van der Waals surface area contributed by atoms with Crippen molar-refractivity contribution >= 4 is 17.5 Å². The van der Waals surface area contributed by atoms with Gasteiger partial charge in [0, 0.05) is 18.3 Å². The maximum atomic E-state index is 12.4. The Labute approximate surface area is 140 Å². The summed E-state index contributed by atoms with van der Waals surface area (Å²) in [6, 6.07) is 0. The van der Waals surface area contributed by atoms with Gasteiger partial charge in [0.15, 0.2) is 11.5 Å². The van der Waals surface area contributed by atoms with E-state index in [2.05, 4.69) is 0 Å². The highest BCUT2D eigenvalue weighted by atomic mass is 16.5. The third-order valence-corrected chi connectivity index (χ3v) is 6.15. The van der Waals surface area contributed by atoms with Crippen molar-refractivity contribution in [1.82, 2.24) is 0 Å². The number of hydrogen-bond donors (Lipinski definition) is 1. The first-order valence-corrected chi connectivity index (χ1v) is 8.81. The summed E-state index contributed by atoms with van der Waals surface area (Å²) in [5, 5.41) is 10.4. The molecule has 2 fully saturated rings. The number of ketones is 2. The number of carbonyl (C=O) groups excluding carboxylic acids is 3. The number of fused-ring (bicyclic) bond motifs is 5. The molecule has 0 radical (unpaired) electrons.